The summed E-state index contributed by atoms with van der Waals surface area (Å²) in [7, 11) is 0. The Labute approximate surface area is 169 Å². The summed E-state index contributed by atoms with van der Waals surface area (Å²) in [6, 6.07) is 2.82. The van der Waals surface area contributed by atoms with Gasteiger partial charge >= 0.3 is 29.6 Å². The van der Waals surface area contributed by atoms with Gasteiger partial charge in [-0.25, -0.2) is 4.39 Å². The van der Waals surface area contributed by atoms with Crippen LogP contribution in [0.1, 0.15) is 22.7 Å². The second-order valence-electron chi connectivity index (χ2n) is 5.94. The van der Waals surface area contributed by atoms with E-state index in [2.05, 4.69) is 5.32 Å². The number of thioether (sulfide) groups is 1. The summed E-state index contributed by atoms with van der Waals surface area (Å²) in [6.45, 7) is 4.81. The van der Waals surface area contributed by atoms with E-state index in [9.17, 15) is 19.1 Å². The van der Waals surface area contributed by atoms with Crippen molar-refractivity contribution in [2.45, 2.75) is 17.3 Å². The molecule has 25 heavy (non-hydrogen) atoms. The van der Waals surface area contributed by atoms with Crippen molar-refractivity contribution in [3.8, 4) is 0 Å². The zero-order valence-corrected chi connectivity index (χ0v) is 16.8. The number of aromatic nitrogens is 1. The summed E-state index contributed by atoms with van der Waals surface area (Å²) in [6.07, 6.45) is 0. The summed E-state index contributed by atoms with van der Waals surface area (Å²) in [5.74, 6) is -2.03. The molecule has 0 spiro atoms. The van der Waals surface area contributed by atoms with Crippen molar-refractivity contribution in [3.63, 3.8) is 0 Å². The Kier molecular flexibility index (Phi) is 5.18. The van der Waals surface area contributed by atoms with Crippen molar-refractivity contribution in [1.29, 1.82) is 0 Å². The van der Waals surface area contributed by atoms with Crippen LogP contribution in [-0.4, -0.2) is 36.7 Å². The van der Waals surface area contributed by atoms with Gasteiger partial charge in [0.25, 0.3) is 0 Å². The third-order valence-electron chi connectivity index (χ3n) is 4.54. The molecule has 9 heteroatoms. The predicted octanol–water partition coefficient (Wildman–Crippen LogP) is -2.46. The molecule has 0 radical (unpaired) electrons. The number of anilines is 1. The van der Waals surface area contributed by atoms with Crippen molar-refractivity contribution >= 4 is 34.3 Å². The molecule has 1 atom stereocenters. The number of nitrogens with one attached hydrogen (secondary N) is 1. The molecule has 0 amide bonds. The van der Waals surface area contributed by atoms with Crippen LogP contribution in [-0.2, 0) is 0 Å². The van der Waals surface area contributed by atoms with E-state index < -0.39 is 17.2 Å². The fraction of sp³-hybridized carbons (Fsp3) is 0.375. The van der Waals surface area contributed by atoms with Crippen molar-refractivity contribution < 1.29 is 43.8 Å². The number of piperazine rings is 1. The minimum atomic E-state index is -1.52. The molecule has 1 aromatic heterocycles. The van der Waals surface area contributed by atoms with Crippen LogP contribution in [0.3, 0.4) is 0 Å². The van der Waals surface area contributed by atoms with E-state index in [0.717, 1.165) is 19.2 Å². The molecule has 126 valence electrons. The Morgan fingerprint density at radius 1 is 1.36 bits per heavy atom. The van der Waals surface area contributed by atoms with Crippen LogP contribution in [0.5, 0.6) is 0 Å². The quantitative estimate of drug-likeness (QED) is 0.591. The van der Waals surface area contributed by atoms with Crippen LogP contribution in [0.15, 0.2) is 22.0 Å². The first kappa shape index (κ1) is 18.7. The molecule has 6 nitrogen and oxygen atoms in total. The number of hydrogen-bond donors (Lipinski definition) is 1. The van der Waals surface area contributed by atoms with E-state index in [-0.39, 0.29) is 45.9 Å². The Hall–Kier alpha value is -1.06. The number of carbonyl (C=O) groups excluding carboxylic acids is 1. The molecule has 4 rings (SSSR count). The molecule has 2 aliphatic heterocycles. The van der Waals surface area contributed by atoms with Gasteiger partial charge < -0.3 is 24.7 Å². The fourth-order valence-corrected chi connectivity index (χ4v) is 4.51. The molecule has 0 saturated carbocycles. The molecule has 1 unspecified atom stereocenters. The third kappa shape index (κ3) is 2.90. The van der Waals surface area contributed by atoms with Crippen LogP contribution in [0.25, 0.3) is 10.9 Å². The molecular formula is C16H15FN3NaO3S. The number of aromatic carboxylic acids is 1. The normalized spacial score (nSPS) is 19.1. The minimum Gasteiger partial charge on any atom is -0.545 e. The van der Waals surface area contributed by atoms with Crippen LogP contribution < -0.4 is 50.3 Å². The first-order valence-electron chi connectivity index (χ1n) is 7.74. The smallest absolute Gasteiger partial charge is 0.545 e. The predicted molar refractivity (Wildman–Crippen MR) is 88.1 cm³/mol. The van der Waals surface area contributed by atoms with Crippen molar-refractivity contribution in [2.24, 2.45) is 0 Å². The van der Waals surface area contributed by atoms with Crippen LogP contribution in [0, 0.1) is 5.82 Å². The van der Waals surface area contributed by atoms with Gasteiger partial charge in [-0.2, -0.15) is 0 Å². The molecule has 1 saturated heterocycles. The van der Waals surface area contributed by atoms with E-state index in [1.807, 2.05) is 11.8 Å². The number of halogens is 1. The molecule has 1 fully saturated rings. The maximum Gasteiger partial charge on any atom is 1.00 e. The molecule has 0 bridgehead atoms. The van der Waals surface area contributed by atoms with Crippen LogP contribution >= 0.6 is 11.8 Å². The largest absolute Gasteiger partial charge is 1.00 e. The van der Waals surface area contributed by atoms with Gasteiger partial charge in [0.2, 0.25) is 0 Å². The van der Waals surface area contributed by atoms with Crippen LogP contribution in [0.2, 0.25) is 0 Å². The number of nitrogens with zero attached hydrogens (tertiary/aromatic N) is 2. The average Bonchev–Trinajstić information content (AvgIpc) is 2.55. The van der Waals surface area contributed by atoms with E-state index in [1.54, 1.807) is 10.6 Å². The van der Waals surface area contributed by atoms with Crippen LogP contribution in [0.4, 0.5) is 10.1 Å². The Bertz CT molecular complexity index is 927. The number of pyridine rings is 1. The maximum absolute atomic E-state index is 14.6. The van der Waals surface area contributed by atoms with Gasteiger partial charge in [-0.05, 0) is 19.1 Å². The molecule has 1 aromatic carbocycles. The van der Waals surface area contributed by atoms with Crippen molar-refractivity contribution in [1.82, 2.24) is 9.88 Å². The van der Waals surface area contributed by atoms with Gasteiger partial charge in [-0.15, -0.1) is 0 Å². The minimum absolute atomic E-state index is 0. The standard InChI is InChI=1S/C16H16FN3O3S.Na/c1-8-20-11-7-12(19-4-2-18-3-5-19)10(17)6-9(11)14(21)13(16(22)23)15(20)24-8;/h6-8,18H,2-5H2,1H3,(H,22,23);/q;+1/p-1. The van der Waals surface area contributed by atoms with Gasteiger partial charge in [0.15, 0.2) is 5.43 Å². The van der Waals surface area contributed by atoms with Crippen molar-refractivity contribution in [2.75, 3.05) is 31.1 Å². The summed E-state index contributed by atoms with van der Waals surface area (Å²) in [5.41, 5.74) is -0.0362. The first-order valence-corrected chi connectivity index (χ1v) is 8.62. The molecule has 0 aliphatic carbocycles. The Morgan fingerprint density at radius 2 is 2.04 bits per heavy atom. The number of rotatable bonds is 2. The van der Waals surface area contributed by atoms with Gasteiger partial charge in [0, 0.05) is 31.6 Å². The number of benzene rings is 1. The number of carboxylic acids is 1. The van der Waals surface area contributed by atoms with E-state index in [0.29, 0.717) is 29.3 Å². The number of fused-ring (bicyclic) bond motifs is 3. The molecule has 2 aliphatic rings. The van der Waals surface area contributed by atoms with E-state index in [4.69, 9.17) is 0 Å². The number of hydrogen-bond acceptors (Lipinski definition) is 6. The van der Waals surface area contributed by atoms with E-state index >= 15 is 0 Å². The van der Waals surface area contributed by atoms with Crippen molar-refractivity contribution in [3.05, 3.63) is 33.7 Å². The Morgan fingerprint density at radius 3 is 2.64 bits per heavy atom. The topological polar surface area (TPSA) is 77.4 Å². The summed E-state index contributed by atoms with van der Waals surface area (Å²) < 4.78 is 16.4. The number of carboxylic acid groups (broad SMARTS) is 1. The van der Waals surface area contributed by atoms with Gasteiger partial charge in [0.05, 0.1) is 33.1 Å². The summed E-state index contributed by atoms with van der Waals surface area (Å²) >= 11 is 1.31. The zero-order valence-electron chi connectivity index (χ0n) is 14.0. The third-order valence-corrected chi connectivity index (χ3v) is 5.71. The second-order valence-corrected chi connectivity index (χ2v) is 7.25. The van der Waals surface area contributed by atoms with E-state index in [1.165, 1.54) is 11.8 Å². The second kappa shape index (κ2) is 6.92. The van der Waals surface area contributed by atoms with Gasteiger partial charge in [0.1, 0.15) is 5.82 Å². The number of carbonyl (C=O) groups is 1. The van der Waals surface area contributed by atoms with Gasteiger partial charge in [-0.1, -0.05) is 11.8 Å². The summed E-state index contributed by atoms with van der Waals surface area (Å²) in [5, 5.41) is 15.0. The Balaban J connectivity index is 0.00000182. The zero-order chi connectivity index (χ0) is 17.0. The molecule has 3 heterocycles. The molecule has 1 N–H and O–H groups in total. The maximum atomic E-state index is 14.6. The van der Waals surface area contributed by atoms with Gasteiger partial charge in [-0.3, -0.25) is 4.79 Å². The SMILES string of the molecule is CC1Sc2c(C(=O)[O-])c(=O)c3cc(F)c(N4CCNCC4)cc3n21.[Na+]. The molecule has 2 aromatic rings. The first-order chi connectivity index (χ1) is 11.5. The monoisotopic (exact) mass is 371 g/mol. The average molecular weight is 371 g/mol. The molecular weight excluding hydrogens is 356 g/mol. The summed E-state index contributed by atoms with van der Waals surface area (Å²) in [4.78, 5) is 25.8. The fourth-order valence-electron chi connectivity index (χ4n) is 3.36.